The number of fused-ring (bicyclic) bond motifs is 1. The lowest BCUT2D eigenvalue weighted by Crippen LogP contribution is -2.27. The van der Waals surface area contributed by atoms with Gasteiger partial charge in [0, 0.05) is 9.86 Å². The van der Waals surface area contributed by atoms with E-state index in [1.807, 2.05) is 39.0 Å². The molecule has 4 nitrogen and oxygen atoms in total. The van der Waals surface area contributed by atoms with Crippen molar-refractivity contribution in [2.75, 3.05) is 0 Å². The standard InChI is InChI=1S/C15H19BrN2O2/c1-9(2)13-11-7-6-10(16)8-12(11)18(17-13)14(19)20-15(3,4)5/h6-9H,1-5H3. The summed E-state index contributed by atoms with van der Waals surface area (Å²) in [5.74, 6) is 0.238. The fourth-order valence-corrected chi connectivity index (χ4v) is 2.33. The van der Waals surface area contributed by atoms with Crippen molar-refractivity contribution < 1.29 is 9.53 Å². The molecule has 1 heterocycles. The fraction of sp³-hybridized carbons (Fsp3) is 0.467. The molecule has 0 fully saturated rings. The van der Waals surface area contributed by atoms with Crippen molar-refractivity contribution in [3.63, 3.8) is 0 Å². The lowest BCUT2D eigenvalue weighted by atomic mass is 10.1. The summed E-state index contributed by atoms with van der Waals surface area (Å²) in [5, 5.41) is 5.42. The van der Waals surface area contributed by atoms with Crippen molar-refractivity contribution in [2.45, 2.75) is 46.1 Å². The predicted molar refractivity (Wildman–Crippen MR) is 83.2 cm³/mol. The molecular weight excluding hydrogens is 320 g/mol. The Labute approximate surface area is 127 Å². The molecule has 1 aromatic carbocycles. The zero-order chi connectivity index (χ0) is 15.1. The van der Waals surface area contributed by atoms with Gasteiger partial charge in [-0.05, 0) is 44.9 Å². The second-order valence-corrected chi connectivity index (χ2v) is 7.01. The quantitative estimate of drug-likeness (QED) is 0.756. The minimum absolute atomic E-state index is 0.238. The monoisotopic (exact) mass is 338 g/mol. The van der Waals surface area contributed by atoms with Crippen molar-refractivity contribution in [3.8, 4) is 0 Å². The first-order chi connectivity index (χ1) is 9.19. The summed E-state index contributed by atoms with van der Waals surface area (Å²) in [7, 11) is 0. The number of carbonyl (C=O) groups is 1. The van der Waals surface area contributed by atoms with Crippen LogP contribution >= 0.6 is 15.9 Å². The van der Waals surface area contributed by atoms with E-state index in [0.29, 0.717) is 0 Å². The maximum Gasteiger partial charge on any atom is 0.435 e. The molecule has 0 saturated heterocycles. The van der Waals surface area contributed by atoms with Gasteiger partial charge in [0.05, 0.1) is 11.2 Å². The van der Waals surface area contributed by atoms with Crippen LogP contribution in [-0.4, -0.2) is 21.5 Å². The number of ether oxygens (including phenoxy) is 1. The topological polar surface area (TPSA) is 44.1 Å². The molecule has 20 heavy (non-hydrogen) atoms. The highest BCUT2D eigenvalue weighted by molar-refractivity contribution is 9.10. The van der Waals surface area contributed by atoms with E-state index in [1.54, 1.807) is 0 Å². The van der Waals surface area contributed by atoms with Crippen molar-refractivity contribution in [1.29, 1.82) is 0 Å². The van der Waals surface area contributed by atoms with Crippen molar-refractivity contribution >= 4 is 32.9 Å². The minimum atomic E-state index is -0.542. The first-order valence-corrected chi connectivity index (χ1v) is 7.40. The summed E-state index contributed by atoms with van der Waals surface area (Å²) < 4.78 is 7.67. The number of aromatic nitrogens is 2. The second-order valence-electron chi connectivity index (χ2n) is 6.09. The predicted octanol–water partition coefficient (Wildman–Crippen LogP) is 4.71. The molecule has 0 spiro atoms. The summed E-state index contributed by atoms with van der Waals surface area (Å²) in [5.41, 5.74) is 1.12. The van der Waals surface area contributed by atoms with Crippen LogP contribution in [0.25, 0.3) is 10.9 Å². The van der Waals surface area contributed by atoms with Crippen LogP contribution in [0.5, 0.6) is 0 Å². The van der Waals surface area contributed by atoms with Gasteiger partial charge in [0.1, 0.15) is 5.60 Å². The van der Waals surface area contributed by atoms with Crippen LogP contribution in [0.2, 0.25) is 0 Å². The van der Waals surface area contributed by atoms with Gasteiger partial charge in [0.25, 0.3) is 0 Å². The van der Waals surface area contributed by atoms with E-state index in [4.69, 9.17) is 4.74 Å². The summed E-state index contributed by atoms with van der Waals surface area (Å²) in [4.78, 5) is 12.3. The molecule has 0 radical (unpaired) electrons. The molecule has 0 aliphatic carbocycles. The lowest BCUT2D eigenvalue weighted by Gasteiger charge is -2.19. The molecule has 1 aromatic heterocycles. The maximum absolute atomic E-state index is 12.3. The van der Waals surface area contributed by atoms with Gasteiger partial charge in [-0.2, -0.15) is 9.78 Å². The van der Waals surface area contributed by atoms with E-state index >= 15 is 0 Å². The molecule has 5 heteroatoms. The van der Waals surface area contributed by atoms with Gasteiger partial charge < -0.3 is 4.74 Å². The molecule has 0 aliphatic heterocycles. The first-order valence-electron chi connectivity index (χ1n) is 6.60. The third-order valence-corrected chi connectivity index (χ3v) is 3.28. The van der Waals surface area contributed by atoms with Gasteiger partial charge in [0.15, 0.2) is 0 Å². The second kappa shape index (κ2) is 5.20. The number of benzene rings is 1. The van der Waals surface area contributed by atoms with Crippen molar-refractivity contribution in [3.05, 3.63) is 28.4 Å². The molecule has 2 rings (SSSR count). The molecule has 0 amide bonds. The molecule has 108 valence electrons. The number of halogens is 1. The maximum atomic E-state index is 12.3. The van der Waals surface area contributed by atoms with E-state index in [0.717, 1.165) is 21.1 Å². The molecular formula is C15H19BrN2O2. The van der Waals surface area contributed by atoms with Crippen LogP contribution in [0.3, 0.4) is 0 Å². The average molecular weight is 339 g/mol. The lowest BCUT2D eigenvalue weighted by molar-refractivity contribution is 0.0522. The third-order valence-electron chi connectivity index (χ3n) is 2.78. The van der Waals surface area contributed by atoms with Crippen LogP contribution in [0.15, 0.2) is 22.7 Å². The summed E-state index contributed by atoms with van der Waals surface area (Å²) >= 11 is 3.43. The van der Waals surface area contributed by atoms with Crippen LogP contribution in [0, 0.1) is 0 Å². The average Bonchev–Trinajstić information content (AvgIpc) is 2.65. The molecule has 0 bridgehead atoms. The van der Waals surface area contributed by atoms with Gasteiger partial charge in [0.2, 0.25) is 0 Å². The van der Waals surface area contributed by atoms with Crippen LogP contribution in [0.4, 0.5) is 4.79 Å². The summed E-state index contributed by atoms with van der Waals surface area (Å²) in [6.07, 6.45) is -0.451. The number of carbonyl (C=O) groups excluding carboxylic acids is 1. The summed E-state index contributed by atoms with van der Waals surface area (Å²) in [6.45, 7) is 9.65. The SMILES string of the molecule is CC(C)c1nn(C(=O)OC(C)(C)C)c2cc(Br)ccc12. The van der Waals surface area contributed by atoms with Crippen LogP contribution < -0.4 is 0 Å². The molecule has 0 unspecified atom stereocenters. The zero-order valence-corrected chi connectivity index (χ0v) is 14.0. The molecule has 0 atom stereocenters. The van der Waals surface area contributed by atoms with Gasteiger partial charge in [-0.25, -0.2) is 4.79 Å². The van der Waals surface area contributed by atoms with Crippen LogP contribution in [0.1, 0.15) is 46.2 Å². The highest BCUT2D eigenvalue weighted by Gasteiger charge is 2.22. The van der Waals surface area contributed by atoms with Crippen molar-refractivity contribution in [1.82, 2.24) is 9.78 Å². The van der Waals surface area contributed by atoms with E-state index < -0.39 is 11.7 Å². The highest BCUT2D eigenvalue weighted by Crippen LogP contribution is 2.28. The molecule has 0 N–H and O–H groups in total. The number of hydrogen-bond donors (Lipinski definition) is 0. The molecule has 0 aliphatic rings. The van der Waals surface area contributed by atoms with Gasteiger partial charge in [-0.15, -0.1) is 0 Å². The third kappa shape index (κ3) is 3.03. The van der Waals surface area contributed by atoms with Gasteiger partial charge >= 0.3 is 6.09 Å². The van der Waals surface area contributed by atoms with Crippen molar-refractivity contribution in [2.24, 2.45) is 0 Å². The molecule has 0 saturated carbocycles. The van der Waals surface area contributed by atoms with E-state index in [9.17, 15) is 4.79 Å². The minimum Gasteiger partial charge on any atom is -0.442 e. The normalized spacial score (nSPS) is 12.2. The Morgan fingerprint density at radius 3 is 2.55 bits per heavy atom. The largest absolute Gasteiger partial charge is 0.442 e. The van der Waals surface area contributed by atoms with Gasteiger partial charge in [-0.1, -0.05) is 29.8 Å². The van der Waals surface area contributed by atoms with E-state index in [-0.39, 0.29) is 5.92 Å². The smallest absolute Gasteiger partial charge is 0.435 e. The zero-order valence-electron chi connectivity index (χ0n) is 12.4. The Balaban J connectivity index is 2.58. The Hall–Kier alpha value is -1.36. The Morgan fingerprint density at radius 2 is 2.00 bits per heavy atom. The van der Waals surface area contributed by atoms with E-state index in [2.05, 4.69) is 34.9 Å². The number of nitrogens with zero attached hydrogens (tertiary/aromatic N) is 2. The Bertz CT molecular complexity index is 654. The summed E-state index contributed by atoms with van der Waals surface area (Å²) in [6, 6.07) is 5.82. The molecule has 2 aromatic rings. The number of hydrogen-bond acceptors (Lipinski definition) is 3. The number of rotatable bonds is 1. The van der Waals surface area contributed by atoms with E-state index in [1.165, 1.54) is 4.68 Å². The van der Waals surface area contributed by atoms with Crippen LogP contribution in [-0.2, 0) is 4.74 Å². The highest BCUT2D eigenvalue weighted by atomic mass is 79.9. The Morgan fingerprint density at radius 1 is 1.35 bits per heavy atom. The van der Waals surface area contributed by atoms with Gasteiger partial charge in [-0.3, -0.25) is 0 Å². The fourth-order valence-electron chi connectivity index (χ4n) is 1.98. The Kier molecular flexibility index (Phi) is 3.91. The first kappa shape index (κ1) is 15.0.